The van der Waals surface area contributed by atoms with Crippen LogP contribution in [0.5, 0.6) is 5.75 Å². The SMILES string of the molecule is CC(=O)N(c1ccc(OCCCO)cc1)c1c[nH]c2ccccc12. The Morgan fingerprint density at radius 2 is 1.92 bits per heavy atom. The molecule has 1 amide bonds. The zero-order valence-electron chi connectivity index (χ0n) is 13.5. The molecule has 1 aromatic heterocycles. The maximum absolute atomic E-state index is 12.2. The van der Waals surface area contributed by atoms with Gasteiger partial charge < -0.3 is 14.8 Å². The lowest BCUT2D eigenvalue weighted by atomic mass is 10.2. The molecule has 0 atom stereocenters. The summed E-state index contributed by atoms with van der Waals surface area (Å²) in [7, 11) is 0. The summed E-state index contributed by atoms with van der Waals surface area (Å²) < 4.78 is 5.53. The van der Waals surface area contributed by atoms with Crippen LogP contribution in [0.4, 0.5) is 11.4 Å². The third-order valence-electron chi connectivity index (χ3n) is 3.79. The number of nitrogens with one attached hydrogen (secondary N) is 1. The fourth-order valence-electron chi connectivity index (χ4n) is 2.68. The van der Waals surface area contributed by atoms with Crippen molar-refractivity contribution in [2.75, 3.05) is 18.1 Å². The molecule has 0 saturated carbocycles. The highest BCUT2D eigenvalue weighted by Gasteiger charge is 2.17. The molecule has 0 bridgehead atoms. The largest absolute Gasteiger partial charge is 0.494 e. The molecule has 124 valence electrons. The van der Waals surface area contributed by atoms with Gasteiger partial charge in [-0.3, -0.25) is 9.69 Å². The maximum Gasteiger partial charge on any atom is 0.228 e. The van der Waals surface area contributed by atoms with Gasteiger partial charge in [0.25, 0.3) is 0 Å². The molecule has 0 spiro atoms. The molecular formula is C19H20N2O3. The van der Waals surface area contributed by atoms with Gasteiger partial charge in [-0.25, -0.2) is 0 Å². The lowest BCUT2D eigenvalue weighted by molar-refractivity contribution is -0.115. The smallest absolute Gasteiger partial charge is 0.228 e. The zero-order valence-corrected chi connectivity index (χ0v) is 13.5. The van der Waals surface area contributed by atoms with Crippen LogP contribution in [0, 0.1) is 0 Å². The van der Waals surface area contributed by atoms with E-state index in [0.29, 0.717) is 13.0 Å². The second-order valence-electron chi connectivity index (χ2n) is 5.49. The first-order chi connectivity index (χ1) is 11.7. The van der Waals surface area contributed by atoms with Crippen molar-refractivity contribution in [3.05, 3.63) is 54.7 Å². The van der Waals surface area contributed by atoms with Crippen molar-refractivity contribution >= 4 is 28.2 Å². The van der Waals surface area contributed by atoms with E-state index in [-0.39, 0.29) is 12.5 Å². The Hall–Kier alpha value is -2.79. The van der Waals surface area contributed by atoms with Gasteiger partial charge in [-0.1, -0.05) is 18.2 Å². The Balaban J connectivity index is 1.90. The molecule has 24 heavy (non-hydrogen) atoms. The first-order valence-corrected chi connectivity index (χ1v) is 7.91. The van der Waals surface area contributed by atoms with Crippen molar-refractivity contribution in [2.45, 2.75) is 13.3 Å². The fraction of sp³-hybridized carbons (Fsp3) is 0.211. The van der Waals surface area contributed by atoms with Gasteiger partial charge in [-0.05, 0) is 30.3 Å². The normalized spacial score (nSPS) is 10.8. The van der Waals surface area contributed by atoms with Gasteiger partial charge >= 0.3 is 0 Å². The predicted molar refractivity (Wildman–Crippen MR) is 94.8 cm³/mol. The number of anilines is 2. The number of carbonyl (C=O) groups excluding carboxylic acids is 1. The van der Waals surface area contributed by atoms with Gasteiger partial charge in [-0.2, -0.15) is 0 Å². The minimum atomic E-state index is -0.0614. The number of aliphatic hydroxyl groups excluding tert-OH is 1. The Labute approximate surface area is 140 Å². The van der Waals surface area contributed by atoms with Crippen molar-refractivity contribution in [3.8, 4) is 5.75 Å². The second kappa shape index (κ2) is 7.19. The van der Waals surface area contributed by atoms with Crippen LogP contribution in [0.15, 0.2) is 54.7 Å². The molecule has 2 N–H and O–H groups in total. The second-order valence-corrected chi connectivity index (χ2v) is 5.49. The summed E-state index contributed by atoms with van der Waals surface area (Å²) in [4.78, 5) is 17.1. The van der Waals surface area contributed by atoms with E-state index in [2.05, 4.69) is 4.98 Å². The number of aromatic nitrogens is 1. The van der Waals surface area contributed by atoms with E-state index < -0.39 is 0 Å². The van der Waals surface area contributed by atoms with Crippen molar-refractivity contribution in [3.63, 3.8) is 0 Å². The molecule has 3 aromatic rings. The molecule has 5 heteroatoms. The zero-order chi connectivity index (χ0) is 16.9. The predicted octanol–water partition coefficient (Wildman–Crippen LogP) is 3.61. The molecule has 3 rings (SSSR count). The monoisotopic (exact) mass is 324 g/mol. The van der Waals surface area contributed by atoms with Crippen molar-refractivity contribution < 1.29 is 14.6 Å². The molecule has 0 aliphatic rings. The molecule has 5 nitrogen and oxygen atoms in total. The van der Waals surface area contributed by atoms with Crippen LogP contribution in [0.3, 0.4) is 0 Å². The molecule has 0 aliphatic heterocycles. The maximum atomic E-state index is 12.2. The summed E-state index contributed by atoms with van der Waals surface area (Å²) in [6.45, 7) is 2.12. The Kier molecular flexibility index (Phi) is 4.82. The number of hydrogen-bond donors (Lipinski definition) is 2. The van der Waals surface area contributed by atoms with Crippen LogP contribution in [0.1, 0.15) is 13.3 Å². The van der Waals surface area contributed by atoms with Crippen LogP contribution < -0.4 is 9.64 Å². The minimum absolute atomic E-state index is 0.0614. The number of rotatable bonds is 6. The van der Waals surface area contributed by atoms with Gasteiger partial charge in [-0.15, -0.1) is 0 Å². The van der Waals surface area contributed by atoms with Gasteiger partial charge in [0.1, 0.15) is 5.75 Å². The molecule has 0 aliphatic carbocycles. The standard InChI is InChI=1S/C19H20N2O3/c1-14(23)21(19-13-20-18-6-3-2-5-17(18)19)15-7-9-16(10-8-15)24-12-4-11-22/h2-3,5-10,13,20,22H,4,11-12H2,1H3. The highest BCUT2D eigenvalue weighted by molar-refractivity contribution is 6.07. The van der Waals surface area contributed by atoms with Gasteiger partial charge in [0, 0.05) is 42.7 Å². The van der Waals surface area contributed by atoms with Crippen LogP contribution in [0.2, 0.25) is 0 Å². The number of ether oxygens (including phenoxy) is 1. The number of carbonyl (C=O) groups is 1. The third kappa shape index (κ3) is 3.26. The highest BCUT2D eigenvalue weighted by atomic mass is 16.5. The average Bonchev–Trinajstić information content (AvgIpc) is 3.00. The number of hydrogen-bond acceptors (Lipinski definition) is 3. The third-order valence-corrected chi connectivity index (χ3v) is 3.79. The highest BCUT2D eigenvalue weighted by Crippen LogP contribution is 2.33. The molecule has 2 aromatic carbocycles. The number of benzene rings is 2. The van der Waals surface area contributed by atoms with Crippen LogP contribution in [-0.2, 0) is 4.79 Å². The van der Waals surface area contributed by atoms with E-state index in [1.165, 1.54) is 0 Å². The number of fused-ring (bicyclic) bond motifs is 1. The summed E-state index contributed by atoms with van der Waals surface area (Å²) in [5.41, 5.74) is 2.59. The molecule has 1 heterocycles. The summed E-state index contributed by atoms with van der Waals surface area (Å²) in [6, 6.07) is 15.3. The van der Waals surface area contributed by atoms with E-state index >= 15 is 0 Å². The number of nitrogens with zero attached hydrogens (tertiary/aromatic N) is 1. The summed E-state index contributed by atoms with van der Waals surface area (Å²) in [6.07, 6.45) is 2.44. The van der Waals surface area contributed by atoms with E-state index in [0.717, 1.165) is 28.0 Å². The van der Waals surface area contributed by atoms with Crippen molar-refractivity contribution in [1.82, 2.24) is 4.98 Å². The number of para-hydroxylation sites is 1. The number of H-pyrrole nitrogens is 1. The Morgan fingerprint density at radius 3 is 2.62 bits per heavy atom. The topological polar surface area (TPSA) is 65.6 Å². The van der Waals surface area contributed by atoms with Crippen LogP contribution >= 0.6 is 0 Å². The van der Waals surface area contributed by atoms with Gasteiger partial charge in [0.05, 0.1) is 12.3 Å². The fourth-order valence-corrected chi connectivity index (χ4v) is 2.68. The molecule has 0 unspecified atom stereocenters. The number of aliphatic hydroxyl groups is 1. The quantitative estimate of drug-likeness (QED) is 0.681. The number of aromatic amines is 1. The average molecular weight is 324 g/mol. The lowest BCUT2D eigenvalue weighted by Crippen LogP contribution is -2.22. The Morgan fingerprint density at radius 1 is 1.17 bits per heavy atom. The Bertz CT molecular complexity index is 824. The first-order valence-electron chi connectivity index (χ1n) is 7.91. The number of amides is 1. The minimum Gasteiger partial charge on any atom is -0.494 e. The van der Waals surface area contributed by atoms with Crippen LogP contribution in [0.25, 0.3) is 10.9 Å². The van der Waals surface area contributed by atoms with Crippen molar-refractivity contribution in [1.29, 1.82) is 0 Å². The van der Waals surface area contributed by atoms with Crippen molar-refractivity contribution in [2.24, 2.45) is 0 Å². The summed E-state index contributed by atoms with van der Waals surface area (Å²) in [5.74, 6) is 0.656. The lowest BCUT2D eigenvalue weighted by Gasteiger charge is -2.21. The van der Waals surface area contributed by atoms with E-state index in [9.17, 15) is 4.79 Å². The van der Waals surface area contributed by atoms with E-state index in [4.69, 9.17) is 9.84 Å². The molecule has 0 radical (unpaired) electrons. The molecule has 0 fully saturated rings. The molecular weight excluding hydrogens is 304 g/mol. The summed E-state index contributed by atoms with van der Waals surface area (Å²) >= 11 is 0. The van der Waals surface area contributed by atoms with Gasteiger partial charge in [0.2, 0.25) is 5.91 Å². The molecule has 0 saturated heterocycles. The summed E-state index contributed by atoms with van der Waals surface area (Å²) in [5, 5.41) is 9.78. The van der Waals surface area contributed by atoms with E-state index in [1.807, 2.05) is 54.7 Å². The first kappa shape index (κ1) is 16.1. The van der Waals surface area contributed by atoms with Gasteiger partial charge in [0.15, 0.2) is 0 Å². The van der Waals surface area contributed by atoms with E-state index in [1.54, 1.807) is 11.8 Å². The van der Waals surface area contributed by atoms with Crippen LogP contribution in [-0.4, -0.2) is 29.2 Å².